The highest BCUT2D eigenvalue weighted by molar-refractivity contribution is 5.98. The third-order valence-corrected chi connectivity index (χ3v) is 2.78. The highest BCUT2D eigenvalue weighted by atomic mass is 16.5. The van der Waals surface area contributed by atoms with Gasteiger partial charge < -0.3 is 15.2 Å². The standard InChI is InChI=1S/C14H14N2O4/c1-20-11-4-2-3-9-7-10(8-16-13(9)11)14(19)15-6-5-12(17)18/h2-4,7-8H,5-6H2,1H3,(H,15,19)(H,17,18). The predicted octanol–water partition coefficient (Wildman–Crippen LogP) is 1.45. The van der Waals surface area contributed by atoms with E-state index < -0.39 is 5.97 Å². The normalized spacial score (nSPS) is 10.2. The number of carbonyl (C=O) groups excluding carboxylic acids is 1. The number of nitrogens with one attached hydrogen (secondary N) is 1. The number of methoxy groups -OCH3 is 1. The van der Waals surface area contributed by atoms with E-state index in [1.54, 1.807) is 19.2 Å². The zero-order valence-corrected chi connectivity index (χ0v) is 10.9. The average molecular weight is 274 g/mol. The molecule has 0 spiro atoms. The first kappa shape index (κ1) is 13.8. The van der Waals surface area contributed by atoms with Gasteiger partial charge in [-0.05, 0) is 12.1 Å². The molecule has 0 aliphatic heterocycles. The smallest absolute Gasteiger partial charge is 0.305 e. The van der Waals surface area contributed by atoms with Gasteiger partial charge in [-0.15, -0.1) is 0 Å². The summed E-state index contributed by atoms with van der Waals surface area (Å²) < 4.78 is 5.19. The maximum atomic E-state index is 11.8. The molecular weight excluding hydrogens is 260 g/mol. The highest BCUT2D eigenvalue weighted by Crippen LogP contribution is 2.23. The van der Waals surface area contributed by atoms with Crippen LogP contribution in [0.15, 0.2) is 30.5 Å². The van der Waals surface area contributed by atoms with E-state index in [0.29, 0.717) is 16.8 Å². The van der Waals surface area contributed by atoms with Crippen molar-refractivity contribution in [2.75, 3.05) is 13.7 Å². The number of hydrogen-bond acceptors (Lipinski definition) is 4. The van der Waals surface area contributed by atoms with Crippen LogP contribution in [0.5, 0.6) is 5.75 Å². The van der Waals surface area contributed by atoms with Gasteiger partial charge in [0, 0.05) is 18.1 Å². The van der Waals surface area contributed by atoms with Gasteiger partial charge in [0.25, 0.3) is 5.91 Å². The lowest BCUT2D eigenvalue weighted by Gasteiger charge is -2.07. The minimum atomic E-state index is -0.952. The quantitative estimate of drug-likeness (QED) is 0.861. The molecule has 0 bridgehead atoms. The molecule has 0 radical (unpaired) electrons. The number of ether oxygens (including phenoxy) is 1. The summed E-state index contributed by atoms with van der Waals surface area (Å²) in [4.78, 5) is 26.4. The monoisotopic (exact) mass is 274 g/mol. The van der Waals surface area contributed by atoms with E-state index >= 15 is 0 Å². The van der Waals surface area contributed by atoms with Crippen molar-refractivity contribution in [1.82, 2.24) is 10.3 Å². The number of benzene rings is 1. The van der Waals surface area contributed by atoms with Crippen molar-refractivity contribution in [2.24, 2.45) is 0 Å². The van der Waals surface area contributed by atoms with Gasteiger partial charge in [0.15, 0.2) is 0 Å². The number of fused-ring (bicyclic) bond motifs is 1. The number of pyridine rings is 1. The summed E-state index contributed by atoms with van der Waals surface area (Å²) in [5.74, 6) is -0.657. The van der Waals surface area contributed by atoms with Crippen molar-refractivity contribution >= 4 is 22.8 Å². The zero-order valence-electron chi connectivity index (χ0n) is 10.9. The van der Waals surface area contributed by atoms with Crippen molar-refractivity contribution in [3.8, 4) is 5.75 Å². The molecule has 1 amide bonds. The Morgan fingerprint density at radius 1 is 1.40 bits per heavy atom. The van der Waals surface area contributed by atoms with E-state index in [1.807, 2.05) is 12.1 Å². The lowest BCUT2D eigenvalue weighted by atomic mass is 10.1. The summed E-state index contributed by atoms with van der Waals surface area (Å²) in [5.41, 5.74) is 1.06. The van der Waals surface area contributed by atoms with Crippen LogP contribution in [-0.4, -0.2) is 35.6 Å². The summed E-state index contributed by atoms with van der Waals surface area (Å²) in [6.45, 7) is 0.0876. The fraction of sp³-hybridized carbons (Fsp3) is 0.214. The Balaban J connectivity index is 2.19. The van der Waals surface area contributed by atoms with Gasteiger partial charge >= 0.3 is 5.97 Å². The van der Waals surface area contributed by atoms with Crippen LogP contribution in [0, 0.1) is 0 Å². The average Bonchev–Trinajstić information content (AvgIpc) is 2.45. The molecule has 2 aromatic rings. The molecule has 2 N–H and O–H groups in total. The second-order valence-electron chi connectivity index (χ2n) is 4.16. The largest absolute Gasteiger partial charge is 0.494 e. The molecule has 6 heteroatoms. The summed E-state index contributed by atoms with van der Waals surface area (Å²) >= 11 is 0. The molecule has 0 aliphatic carbocycles. The maximum absolute atomic E-state index is 11.8. The fourth-order valence-electron chi connectivity index (χ4n) is 1.81. The Morgan fingerprint density at radius 2 is 2.20 bits per heavy atom. The zero-order chi connectivity index (χ0) is 14.5. The van der Waals surface area contributed by atoms with Gasteiger partial charge in [-0.3, -0.25) is 14.6 Å². The third-order valence-electron chi connectivity index (χ3n) is 2.78. The molecule has 0 aliphatic rings. The number of para-hydroxylation sites is 1. The molecule has 0 atom stereocenters. The number of hydrogen-bond donors (Lipinski definition) is 2. The van der Waals surface area contributed by atoms with Crippen LogP contribution in [0.25, 0.3) is 10.9 Å². The second kappa shape index (κ2) is 6.01. The number of amides is 1. The van der Waals surface area contributed by atoms with Gasteiger partial charge in [-0.1, -0.05) is 12.1 Å². The molecule has 0 saturated heterocycles. The molecule has 104 valence electrons. The SMILES string of the molecule is COc1cccc2cc(C(=O)NCCC(=O)O)cnc12. The molecule has 1 aromatic carbocycles. The van der Waals surface area contributed by atoms with Crippen molar-refractivity contribution in [1.29, 1.82) is 0 Å². The number of carboxylic acid groups (broad SMARTS) is 1. The van der Waals surface area contributed by atoms with Crippen LogP contribution in [0.3, 0.4) is 0 Å². The number of carboxylic acids is 1. The number of nitrogens with zero attached hydrogens (tertiary/aromatic N) is 1. The lowest BCUT2D eigenvalue weighted by molar-refractivity contribution is -0.136. The van der Waals surface area contributed by atoms with E-state index in [2.05, 4.69) is 10.3 Å². The van der Waals surface area contributed by atoms with Crippen molar-refractivity contribution in [3.63, 3.8) is 0 Å². The third kappa shape index (κ3) is 3.03. The van der Waals surface area contributed by atoms with Gasteiger partial charge in [-0.25, -0.2) is 0 Å². The first-order valence-corrected chi connectivity index (χ1v) is 6.04. The van der Waals surface area contributed by atoms with Crippen molar-refractivity contribution in [3.05, 3.63) is 36.0 Å². The van der Waals surface area contributed by atoms with Gasteiger partial charge in [0.05, 0.1) is 19.1 Å². The van der Waals surface area contributed by atoms with E-state index in [-0.39, 0.29) is 18.9 Å². The van der Waals surface area contributed by atoms with Gasteiger partial charge in [-0.2, -0.15) is 0 Å². The molecule has 2 rings (SSSR count). The Hall–Kier alpha value is -2.63. The molecular formula is C14H14N2O4. The molecule has 1 aromatic heterocycles. The molecule has 20 heavy (non-hydrogen) atoms. The van der Waals surface area contributed by atoms with Gasteiger partial charge in [0.1, 0.15) is 11.3 Å². The van der Waals surface area contributed by atoms with E-state index in [0.717, 1.165) is 5.39 Å². The highest BCUT2D eigenvalue weighted by Gasteiger charge is 2.09. The molecule has 0 saturated carbocycles. The summed E-state index contributed by atoms with van der Waals surface area (Å²) in [7, 11) is 1.56. The van der Waals surface area contributed by atoms with Gasteiger partial charge in [0.2, 0.25) is 0 Å². The van der Waals surface area contributed by atoms with E-state index in [9.17, 15) is 9.59 Å². The molecule has 6 nitrogen and oxygen atoms in total. The second-order valence-corrected chi connectivity index (χ2v) is 4.16. The molecule has 0 unspecified atom stereocenters. The Kier molecular flexibility index (Phi) is 4.14. The topological polar surface area (TPSA) is 88.5 Å². The van der Waals surface area contributed by atoms with E-state index in [1.165, 1.54) is 6.20 Å². The number of rotatable bonds is 5. The summed E-state index contributed by atoms with van der Waals surface area (Å²) in [6.07, 6.45) is 1.33. The Bertz CT molecular complexity index is 655. The van der Waals surface area contributed by atoms with E-state index in [4.69, 9.17) is 9.84 Å². The van der Waals surface area contributed by atoms with Crippen LogP contribution < -0.4 is 10.1 Å². The first-order chi connectivity index (χ1) is 9.61. The maximum Gasteiger partial charge on any atom is 0.305 e. The minimum absolute atomic E-state index is 0.0876. The fourth-order valence-corrected chi connectivity index (χ4v) is 1.81. The molecule has 0 fully saturated rings. The lowest BCUT2D eigenvalue weighted by Crippen LogP contribution is -2.26. The Labute approximate surface area is 115 Å². The number of carbonyl (C=O) groups is 2. The van der Waals surface area contributed by atoms with Crippen molar-refractivity contribution in [2.45, 2.75) is 6.42 Å². The van der Waals surface area contributed by atoms with Crippen LogP contribution in [0.2, 0.25) is 0 Å². The molecule has 1 heterocycles. The van der Waals surface area contributed by atoms with Crippen LogP contribution in [0.4, 0.5) is 0 Å². The number of aromatic nitrogens is 1. The summed E-state index contributed by atoms with van der Waals surface area (Å²) in [5, 5.41) is 11.8. The van der Waals surface area contributed by atoms with Crippen molar-refractivity contribution < 1.29 is 19.4 Å². The minimum Gasteiger partial charge on any atom is -0.494 e. The predicted molar refractivity (Wildman–Crippen MR) is 72.9 cm³/mol. The van der Waals surface area contributed by atoms with Crippen LogP contribution in [0.1, 0.15) is 16.8 Å². The van der Waals surface area contributed by atoms with Crippen LogP contribution in [-0.2, 0) is 4.79 Å². The number of aliphatic carboxylic acids is 1. The van der Waals surface area contributed by atoms with Crippen LogP contribution >= 0.6 is 0 Å². The Morgan fingerprint density at radius 3 is 2.90 bits per heavy atom. The first-order valence-electron chi connectivity index (χ1n) is 6.04. The summed E-state index contributed by atoms with van der Waals surface area (Å²) in [6, 6.07) is 7.14.